The van der Waals surface area contributed by atoms with Crippen LogP contribution in [0.2, 0.25) is 0 Å². The fourth-order valence-corrected chi connectivity index (χ4v) is 4.48. The molecule has 1 aliphatic rings. The molecule has 4 heteroatoms. The number of hydrogen-bond acceptors (Lipinski definition) is 2. The van der Waals surface area contributed by atoms with Crippen LogP contribution < -0.4 is 10.6 Å². The van der Waals surface area contributed by atoms with Gasteiger partial charge in [0.25, 0.3) is 0 Å². The van der Waals surface area contributed by atoms with Gasteiger partial charge in [0.15, 0.2) is 0 Å². The van der Waals surface area contributed by atoms with E-state index in [9.17, 15) is 9.59 Å². The molecule has 1 aliphatic carbocycles. The van der Waals surface area contributed by atoms with Gasteiger partial charge in [-0.1, -0.05) is 55.4 Å². The Morgan fingerprint density at radius 2 is 1.69 bits per heavy atom. The highest BCUT2D eigenvalue weighted by Crippen LogP contribution is 2.46. The molecule has 0 heterocycles. The minimum Gasteiger partial charge on any atom is -0.355 e. The first-order valence-electron chi connectivity index (χ1n) is 10.5. The third-order valence-corrected chi connectivity index (χ3v) is 6.63. The van der Waals surface area contributed by atoms with Crippen molar-refractivity contribution >= 4 is 11.8 Å². The van der Waals surface area contributed by atoms with Crippen molar-refractivity contribution in [2.75, 3.05) is 6.54 Å². The molecule has 0 bridgehead atoms. The molecule has 0 aromatic carbocycles. The zero-order chi connectivity index (χ0) is 20.2. The molecule has 4 nitrogen and oxygen atoms in total. The van der Waals surface area contributed by atoms with Crippen molar-refractivity contribution in [3.05, 3.63) is 0 Å². The van der Waals surface area contributed by atoms with Gasteiger partial charge in [-0.3, -0.25) is 9.59 Å². The first kappa shape index (κ1) is 23.0. The predicted octanol–water partition coefficient (Wildman–Crippen LogP) is 4.68. The van der Waals surface area contributed by atoms with Crippen molar-refractivity contribution < 1.29 is 9.59 Å². The van der Waals surface area contributed by atoms with Crippen LogP contribution in [0.1, 0.15) is 93.9 Å². The van der Waals surface area contributed by atoms with Gasteiger partial charge in [-0.25, -0.2) is 0 Å². The average Bonchev–Trinajstić information content (AvgIpc) is 2.56. The molecule has 1 fully saturated rings. The average molecular weight is 367 g/mol. The van der Waals surface area contributed by atoms with Gasteiger partial charge in [-0.15, -0.1) is 0 Å². The van der Waals surface area contributed by atoms with Crippen LogP contribution in [0.25, 0.3) is 0 Å². The fourth-order valence-electron chi connectivity index (χ4n) is 4.48. The maximum atomic E-state index is 12.7. The normalized spacial score (nSPS) is 26.8. The second-order valence-corrected chi connectivity index (χ2v) is 10.0. The smallest absolute Gasteiger partial charge is 0.225 e. The first-order valence-corrected chi connectivity index (χ1v) is 10.5. The second kappa shape index (κ2) is 8.75. The van der Waals surface area contributed by atoms with Gasteiger partial charge in [-0.2, -0.15) is 0 Å². The minimum atomic E-state index is -0.287. The molecule has 3 unspecified atom stereocenters. The molecule has 0 aliphatic heterocycles. The monoisotopic (exact) mass is 366 g/mol. The van der Waals surface area contributed by atoms with Gasteiger partial charge in [-0.05, 0) is 49.4 Å². The number of carbonyl (C=O) groups excluding carboxylic acids is 2. The molecule has 0 aromatic heterocycles. The summed E-state index contributed by atoms with van der Waals surface area (Å²) >= 11 is 0. The topological polar surface area (TPSA) is 58.2 Å². The summed E-state index contributed by atoms with van der Waals surface area (Å²) in [6, 6.07) is 0.186. The van der Waals surface area contributed by atoms with E-state index in [1.165, 1.54) is 0 Å². The molecule has 3 atom stereocenters. The number of carbonyl (C=O) groups is 2. The molecule has 1 saturated carbocycles. The summed E-state index contributed by atoms with van der Waals surface area (Å²) < 4.78 is 0. The van der Waals surface area contributed by atoms with E-state index in [1.54, 1.807) is 0 Å². The van der Waals surface area contributed by atoms with Crippen LogP contribution in [-0.4, -0.2) is 24.4 Å². The maximum absolute atomic E-state index is 12.7. The van der Waals surface area contributed by atoms with Crippen molar-refractivity contribution in [3.8, 4) is 0 Å². The Morgan fingerprint density at radius 1 is 1.12 bits per heavy atom. The fraction of sp³-hybridized carbons (Fsp3) is 0.909. The van der Waals surface area contributed by atoms with Gasteiger partial charge in [0, 0.05) is 23.9 Å². The third kappa shape index (κ3) is 5.99. The van der Waals surface area contributed by atoms with Crippen LogP contribution in [0.5, 0.6) is 0 Å². The summed E-state index contributed by atoms with van der Waals surface area (Å²) in [5.41, 5.74) is -0.123. The first-order chi connectivity index (χ1) is 11.9. The molecular weight excluding hydrogens is 324 g/mol. The van der Waals surface area contributed by atoms with Crippen LogP contribution in [-0.2, 0) is 9.59 Å². The van der Waals surface area contributed by atoms with E-state index in [2.05, 4.69) is 45.3 Å². The second-order valence-electron chi connectivity index (χ2n) is 10.0. The van der Waals surface area contributed by atoms with Crippen molar-refractivity contribution in [3.63, 3.8) is 0 Å². The van der Waals surface area contributed by atoms with E-state index in [4.69, 9.17) is 0 Å². The van der Waals surface area contributed by atoms with E-state index in [-0.39, 0.29) is 40.0 Å². The van der Waals surface area contributed by atoms with Crippen LogP contribution in [0.4, 0.5) is 0 Å². The Labute approximate surface area is 161 Å². The van der Waals surface area contributed by atoms with Crippen LogP contribution in [0.15, 0.2) is 0 Å². The van der Waals surface area contributed by atoms with Crippen molar-refractivity contribution in [1.29, 1.82) is 0 Å². The SMILES string of the molecule is CCC(C)C(=O)NC1CC(C)(C)CC(C)(CNC(=O)C(C)(CC)CC)C1. The van der Waals surface area contributed by atoms with Gasteiger partial charge in [0.1, 0.15) is 0 Å². The van der Waals surface area contributed by atoms with E-state index in [0.717, 1.165) is 38.5 Å². The van der Waals surface area contributed by atoms with E-state index >= 15 is 0 Å². The lowest BCUT2D eigenvalue weighted by atomic mass is 9.62. The van der Waals surface area contributed by atoms with Crippen molar-refractivity contribution in [2.24, 2.45) is 22.2 Å². The Bertz CT molecular complexity index is 496. The van der Waals surface area contributed by atoms with Gasteiger partial charge >= 0.3 is 0 Å². The van der Waals surface area contributed by atoms with E-state index in [1.807, 2.05) is 20.8 Å². The van der Waals surface area contributed by atoms with Crippen LogP contribution >= 0.6 is 0 Å². The van der Waals surface area contributed by atoms with E-state index < -0.39 is 0 Å². The van der Waals surface area contributed by atoms with Crippen molar-refractivity contribution in [1.82, 2.24) is 10.6 Å². The summed E-state index contributed by atoms with van der Waals surface area (Å²) in [5, 5.41) is 6.50. The standard InChI is InChI=1S/C22H42N2O2/c1-9-16(4)18(25)24-17-12-20(5,6)14-21(7,13-17)15-23-19(26)22(8,10-2)11-3/h16-17H,9-15H2,1-8H3,(H,23,26)(H,24,25). The number of hydrogen-bond donors (Lipinski definition) is 2. The quantitative estimate of drug-likeness (QED) is 0.655. The molecule has 26 heavy (non-hydrogen) atoms. The summed E-state index contributed by atoms with van der Waals surface area (Å²) in [7, 11) is 0. The highest BCUT2D eigenvalue weighted by molar-refractivity contribution is 5.82. The lowest BCUT2D eigenvalue weighted by Gasteiger charge is -2.47. The van der Waals surface area contributed by atoms with Crippen LogP contribution in [0, 0.1) is 22.2 Å². The molecule has 0 spiro atoms. The summed E-state index contributed by atoms with van der Waals surface area (Å²) in [6.45, 7) is 17.7. The third-order valence-electron chi connectivity index (χ3n) is 6.63. The Morgan fingerprint density at radius 3 is 2.19 bits per heavy atom. The molecule has 2 N–H and O–H groups in total. The van der Waals surface area contributed by atoms with E-state index in [0.29, 0.717) is 6.54 Å². The molecule has 0 radical (unpaired) electrons. The molecule has 152 valence electrons. The lowest BCUT2D eigenvalue weighted by molar-refractivity contribution is -0.132. The molecule has 0 saturated heterocycles. The Hall–Kier alpha value is -1.06. The minimum absolute atomic E-state index is 0.00715. The highest BCUT2D eigenvalue weighted by Gasteiger charge is 2.42. The zero-order valence-corrected chi connectivity index (χ0v) is 18.4. The maximum Gasteiger partial charge on any atom is 0.225 e. The molecule has 2 amide bonds. The van der Waals surface area contributed by atoms with Gasteiger partial charge < -0.3 is 10.6 Å². The largest absolute Gasteiger partial charge is 0.355 e. The van der Waals surface area contributed by atoms with Gasteiger partial charge in [0.05, 0.1) is 0 Å². The Balaban J connectivity index is 2.79. The lowest BCUT2D eigenvalue weighted by Crippen LogP contribution is -2.52. The summed E-state index contributed by atoms with van der Waals surface area (Å²) in [6.07, 6.45) is 5.55. The number of nitrogens with one attached hydrogen (secondary N) is 2. The van der Waals surface area contributed by atoms with Crippen LogP contribution in [0.3, 0.4) is 0 Å². The predicted molar refractivity (Wildman–Crippen MR) is 109 cm³/mol. The molecule has 1 rings (SSSR count). The zero-order valence-electron chi connectivity index (χ0n) is 18.4. The highest BCUT2D eigenvalue weighted by atomic mass is 16.2. The Kier molecular flexibility index (Phi) is 7.74. The van der Waals surface area contributed by atoms with Gasteiger partial charge in [0.2, 0.25) is 11.8 Å². The summed E-state index contributed by atoms with van der Waals surface area (Å²) in [4.78, 5) is 25.0. The molecule has 0 aromatic rings. The number of rotatable bonds is 8. The molecular formula is C22H42N2O2. The van der Waals surface area contributed by atoms with Crippen molar-refractivity contribution in [2.45, 2.75) is 100.0 Å². The summed E-state index contributed by atoms with van der Waals surface area (Å²) in [5.74, 6) is 0.374. The number of amides is 2.